The van der Waals surface area contributed by atoms with Crippen LogP contribution in [0.2, 0.25) is 0 Å². The van der Waals surface area contributed by atoms with E-state index >= 15 is 0 Å². The van der Waals surface area contributed by atoms with Crippen LogP contribution in [0.5, 0.6) is 0 Å². The van der Waals surface area contributed by atoms with E-state index in [0.29, 0.717) is 37.0 Å². The van der Waals surface area contributed by atoms with Gasteiger partial charge in [-0.3, -0.25) is 4.79 Å². The lowest BCUT2D eigenvalue weighted by atomic mass is 9.54. The van der Waals surface area contributed by atoms with Crippen molar-refractivity contribution in [2.75, 3.05) is 6.61 Å². The van der Waals surface area contributed by atoms with Gasteiger partial charge in [0.05, 0.1) is 5.57 Å². The summed E-state index contributed by atoms with van der Waals surface area (Å²) in [4.78, 5) is 23.6. The van der Waals surface area contributed by atoms with Crippen LogP contribution in [0.25, 0.3) is 0 Å². The highest BCUT2D eigenvalue weighted by Gasteiger charge is 2.62. The fraction of sp³-hybridized carbons (Fsp3) is 0.778. The Bertz CT molecular complexity index is 617. The number of carbonyl (C=O) groups is 2. The molecule has 0 aliphatic heterocycles. The Morgan fingerprint density at radius 2 is 1.36 bits per heavy atom. The van der Waals surface area contributed by atoms with Crippen LogP contribution in [-0.2, 0) is 19.1 Å². The molecule has 0 heterocycles. The first-order valence-corrected chi connectivity index (χ1v) is 9.00. The van der Waals surface area contributed by atoms with Crippen LogP contribution in [-0.4, -0.2) is 36.5 Å². The van der Waals surface area contributed by atoms with E-state index in [0.717, 1.165) is 19.3 Å². The molecular weight excluding hydrogens is 394 g/mol. The van der Waals surface area contributed by atoms with Crippen LogP contribution in [0.15, 0.2) is 12.2 Å². The average Bonchev–Trinajstić information content (AvgIpc) is 2.47. The molecule has 0 aromatic heterocycles. The third-order valence-electron chi connectivity index (χ3n) is 5.86. The normalized spacial score (nSPS) is 31.8. The molecule has 158 valence electrons. The largest absolute Gasteiger partial charge is 0.460 e. The molecule has 4 bridgehead atoms. The summed E-state index contributed by atoms with van der Waals surface area (Å²) in [5.74, 6) is -6.36. The third kappa shape index (κ3) is 4.30. The summed E-state index contributed by atoms with van der Waals surface area (Å²) >= 11 is 0. The maximum absolute atomic E-state index is 12.5. The van der Waals surface area contributed by atoms with E-state index in [4.69, 9.17) is 4.74 Å². The van der Waals surface area contributed by atoms with Gasteiger partial charge >= 0.3 is 24.3 Å². The van der Waals surface area contributed by atoms with Crippen LogP contribution in [0.3, 0.4) is 0 Å². The Labute approximate surface area is 157 Å². The van der Waals surface area contributed by atoms with E-state index in [9.17, 15) is 35.9 Å². The number of alkyl halides is 6. The van der Waals surface area contributed by atoms with Crippen molar-refractivity contribution in [3.8, 4) is 0 Å². The SMILES string of the molecule is C=C(COC(=O)C(C(F)(F)F)C(F)(F)F)C(=O)OC12CC3CC(CC(C3)C1)C2. The predicted molar refractivity (Wildman–Crippen MR) is 82.7 cm³/mol. The van der Waals surface area contributed by atoms with Crippen LogP contribution in [0, 0.1) is 23.7 Å². The van der Waals surface area contributed by atoms with Crippen LogP contribution in [0.4, 0.5) is 26.3 Å². The minimum Gasteiger partial charge on any atom is -0.460 e. The second-order valence-corrected chi connectivity index (χ2v) is 8.22. The molecule has 0 saturated heterocycles. The molecule has 4 rings (SSSR count). The van der Waals surface area contributed by atoms with Gasteiger partial charge in [0.1, 0.15) is 12.2 Å². The van der Waals surface area contributed by atoms with Gasteiger partial charge in [-0.15, -0.1) is 0 Å². The molecule has 10 heteroatoms. The molecule has 4 aliphatic rings. The second-order valence-electron chi connectivity index (χ2n) is 8.22. The maximum atomic E-state index is 12.5. The molecule has 0 amide bonds. The number of hydrogen-bond acceptors (Lipinski definition) is 4. The van der Waals surface area contributed by atoms with Crippen LogP contribution >= 0.6 is 0 Å². The van der Waals surface area contributed by atoms with Gasteiger partial charge in [0.15, 0.2) is 0 Å². The van der Waals surface area contributed by atoms with Crippen molar-refractivity contribution in [3.63, 3.8) is 0 Å². The zero-order chi connectivity index (χ0) is 20.9. The van der Waals surface area contributed by atoms with Gasteiger partial charge in [0, 0.05) is 0 Å². The monoisotopic (exact) mass is 414 g/mol. The van der Waals surface area contributed by atoms with Crippen molar-refractivity contribution in [1.29, 1.82) is 0 Å². The molecule has 0 aromatic rings. The Hall–Kier alpha value is -1.74. The summed E-state index contributed by atoms with van der Waals surface area (Å²) in [6.45, 7) is 2.20. The quantitative estimate of drug-likeness (QED) is 0.382. The molecule has 0 N–H and O–H groups in total. The van der Waals surface area contributed by atoms with E-state index in [1.54, 1.807) is 0 Å². The van der Waals surface area contributed by atoms with Gasteiger partial charge < -0.3 is 9.47 Å². The second kappa shape index (κ2) is 6.95. The molecule has 4 nitrogen and oxygen atoms in total. The average molecular weight is 414 g/mol. The van der Waals surface area contributed by atoms with Gasteiger partial charge in [0.2, 0.25) is 5.92 Å². The molecule has 0 spiro atoms. The summed E-state index contributed by atoms with van der Waals surface area (Å²) < 4.78 is 84.7. The Kier molecular flexibility index (Phi) is 5.21. The minimum atomic E-state index is -5.85. The number of hydrogen-bond donors (Lipinski definition) is 0. The lowest BCUT2D eigenvalue weighted by Crippen LogP contribution is -2.53. The standard InChI is InChI=1S/C18H20F6O4/c1-9(8-27-15(26)13(17(19,20)21)18(22,23)24)14(25)28-16-5-10-2-11(6-16)4-12(3-10)7-16/h10-13H,1-8H2. The molecule has 4 saturated carbocycles. The fourth-order valence-corrected chi connectivity index (χ4v) is 5.18. The van der Waals surface area contributed by atoms with Gasteiger partial charge in [-0.25, -0.2) is 4.79 Å². The first kappa shape index (κ1) is 21.0. The summed E-state index contributed by atoms with van der Waals surface area (Å²) in [5, 5.41) is 0. The zero-order valence-corrected chi connectivity index (χ0v) is 14.9. The summed E-state index contributed by atoms with van der Waals surface area (Å²) in [6.07, 6.45) is -6.35. The molecule has 4 fully saturated rings. The number of esters is 2. The summed E-state index contributed by atoms with van der Waals surface area (Å²) in [6, 6.07) is 0. The van der Waals surface area contributed by atoms with Crippen molar-refractivity contribution in [1.82, 2.24) is 0 Å². The fourth-order valence-electron chi connectivity index (χ4n) is 5.18. The zero-order valence-electron chi connectivity index (χ0n) is 14.9. The molecule has 0 aromatic carbocycles. The summed E-state index contributed by atoms with van der Waals surface area (Å²) in [5.41, 5.74) is -1.15. The highest BCUT2D eigenvalue weighted by Crippen LogP contribution is 2.57. The van der Waals surface area contributed by atoms with Crippen LogP contribution < -0.4 is 0 Å². The molecule has 0 radical (unpaired) electrons. The smallest absolute Gasteiger partial charge is 0.411 e. The molecule has 28 heavy (non-hydrogen) atoms. The maximum Gasteiger partial charge on any atom is 0.411 e. The van der Waals surface area contributed by atoms with E-state index in [-0.39, 0.29) is 0 Å². The van der Waals surface area contributed by atoms with Gasteiger partial charge in [0.25, 0.3) is 0 Å². The van der Waals surface area contributed by atoms with Gasteiger partial charge in [-0.05, 0) is 56.3 Å². The number of carbonyl (C=O) groups excluding carboxylic acids is 2. The molecule has 0 atom stereocenters. The van der Waals surface area contributed by atoms with Crippen LogP contribution in [0.1, 0.15) is 38.5 Å². The Morgan fingerprint density at radius 1 is 0.929 bits per heavy atom. The van der Waals surface area contributed by atoms with Crippen molar-refractivity contribution >= 4 is 11.9 Å². The predicted octanol–water partition coefficient (Wildman–Crippen LogP) is 4.34. The number of halogens is 6. The number of ether oxygens (including phenoxy) is 2. The Balaban J connectivity index is 1.56. The van der Waals surface area contributed by atoms with Crippen molar-refractivity contribution in [2.24, 2.45) is 23.7 Å². The molecular formula is C18H20F6O4. The first-order valence-electron chi connectivity index (χ1n) is 9.00. The van der Waals surface area contributed by atoms with E-state index in [2.05, 4.69) is 11.3 Å². The van der Waals surface area contributed by atoms with E-state index < -0.39 is 48.0 Å². The van der Waals surface area contributed by atoms with E-state index in [1.807, 2.05) is 0 Å². The third-order valence-corrected chi connectivity index (χ3v) is 5.86. The summed E-state index contributed by atoms with van der Waals surface area (Å²) in [7, 11) is 0. The van der Waals surface area contributed by atoms with Crippen molar-refractivity contribution < 1.29 is 45.4 Å². The van der Waals surface area contributed by atoms with Gasteiger partial charge in [-0.1, -0.05) is 6.58 Å². The number of rotatable bonds is 5. The molecule has 4 aliphatic carbocycles. The topological polar surface area (TPSA) is 52.6 Å². The van der Waals surface area contributed by atoms with E-state index in [1.165, 1.54) is 0 Å². The highest BCUT2D eigenvalue weighted by atomic mass is 19.4. The minimum absolute atomic E-state index is 0.462. The first-order chi connectivity index (χ1) is 12.8. The lowest BCUT2D eigenvalue weighted by Gasteiger charge is -2.55. The van der Waals surface area contributed by atoms with Crippen molar-refractivity contribution in [2.45, 2.75) is 56.5 Å². The lowest BCUT2D eigenvalue weighted by molar-refractivity contribution is -0.281. The highest BCUT2D eigenvalue weighted by molar-refractivity contribution is 5.89. The van der Waals surface area contributed by atoms with Gasteiger partial charge in [-0.2, -0.15) is 26.3 Å². The Morgan fingerprint density at radius 3 is 1.75 bits per heavy atom. The van der Waals surface area contributed by atoms with Crippen molar-refractivity contribution in [3.05, 3.63) is 12.2 Å². The molecule has 0 unspecified atom stereocenters.